The third-order valence-electron chi connectivity index (χ3n) is 6.61. The lowest BCUT2D eigenvalue weighted by Gasteiger charge is -2.43. The first-order valence-corrected chi connectivity index (χ1v) is 11.6. The number of carbonyl (C=O) groups is 1. The molecule has 3 heterocycles. The minimum absolute atomic E-state index is 0.0330. The molecular weight excluding hydrogens is 462 g/mol. The molecule has 4 rings (SSSR count). The van der Waals surface area contributed by atoms with Crippen LogP contribution in [0.1, 0.15) is 37.9 Å². The summed E-state index contributed by atoms with van der Waals surface area (Å²) in [5.74, 6) is -0.915. The van der Waals surface area contributed by atoms with Crippen LogP contribution in [0.4, 0.5) is 14.6 Å². The lowest BCUT2D eigenvalue weighted by molar-refractivity contribution is -0.153. The Morgan fingerprint density at radius 1 is 1.32 bits per heavy atom. The molecule has 0 spiro atoms. The van der Waals surface area contributed by atoms with Crippen LogP contribution in [0.15, 0.2) is 47.0 Å². The molecule has 9 heteroatoms. The molecule has 2 aliphatic heterocycles. The molecular formula is C25H27ClF2N4O2. The maximum atomic E-state index is 14.7. The normalized spacial score (nSPS) is 22.9. The molecule has 1 aromatic heterocycles. The van der Waals surface area contributed by atoms with Crippen molar-refractivity contribution in [3.8, 4) is 0 Å². The van der Waals surface area contributed by atoms with Crippen molar-refractivity contribution in [2.24, 2.45) is 10.4 Å². The second-order valence-corrected chi connectivity index (χ2v) is 9.60. The number of aliphatic carboxylic acids is 1. The number of carboxylic acid groups (broad SMARTS) is 1. The van der Waals surface area contributed by atoms with E-state index < -0.39 is 23.0 Å². The number of halogens is 3. The summed E-state index contributed by atoms with van der Waals surface area (Å²) >= 11 is 5.90. The largest absolute Gasteiger partial charge is 0.481 e. The molecule has 0 radical (unpaired) electrons. The number of amidine groups is 1. The van der Waals surface area contributed by atoms with E-state index in [-0.39, 0.29) is 29.6 Å². The summed E-state index contributed by atoms with van der Waals surface area (Å²) in [5, 5.41) is 13.3. The van der Waals surface area contributed by atoms with Gasteiger partial charge in [-0.25, -0.2) is 13.8 Å². The third-order valence-corrected chi connectivity index (χ3v) is 6.90. The van der Waals surface area contributed by atoms with Crippen molar-refractivity contribution in [1.82, 2.24) is 9.88 Å². The molecule has 6 nitrogen and oxygen atoms in total. The number of nitrogens with one attached hydrogen (secondary N) is 1. The lowest BCUT2D eigenvalue weighted by Crippen LogP contribution is -2.50. The number of hydrogen-bond acceptors (Lipinski definition) is 5. The van der Waals surface area contributed by atoms with E-state index in [1.807, 2.05) is 24.8 Å². The third kappa shape index (κ3) is 5.13. The number of anilines is 1. The SMILES string of the molecule is CC1=CC(Nc2ccc(F)c(C[C@]3(C(=O)O)CCN(Cc4cccc(Cl)c4F)[C@@H](C)C3)n2)=NC1. The fourth-order valence-corrected chi connectivity index (χ4v) is 4.86. The average Bonchev–Trinajstić information content (AvgIpc) is 3.20. The highest BCUT2D eigenvalue weighted by Gasteiger charge is 2.45. The minimum Gasteiger partial charge on any atom is -0.481 e. The number of rotatable bonds is 6. The number of likely N-dealkylation sites (tertiary alicyclic amines) is 1. The highest BCUT2D eigenvalue weighted by atomic mass is 35.5. The summed E-state index contributed by atoms with van der Waals surface area (Å²) in [7, 11) is 0. The van der Waals surface area contributed by atoms with E-state index in [0.717, 1.165) is 5.57 Å². The van der Waals surface area contributed by atoms with Crippen LogP contribution in [0.3, 0.4) is 0 Å². The van der Waals surface area contributed by atoms with E-state index in [1.54, 1.807) is 12.1 Å². The van der Waals surface area contributed by atoms with E-state index in [9.17, 15) is 18.7 Å². The zero-order valence-electron chi connectivity index (χ0n) is 19.1. The van der Waals surface area contributed by atoms with Crippen LogP contribution < -0.4 is 5.32 Å². The average molecular weight is 489 g/mol. The van der Waals surface area contributed by atoms with Gasteiger partial charge in [0.1, 0.15) is 23.3 Å². The second kappa shape index (κ2) is 9.80. The number of aliphatic imine (C=N–C) groups is 1. The predicted octanol–water partition coefficient (Wildman–Crippen LogP) is 5.08. The molecule has 0 unspecified atom stereocenters. The number of carboxylic acids is 1. The fourth-order valence-electron chi connectivity index (χ4n) is 4.67. The minimum atomic E-state index is -1.17. The first-order valence-electron chi connectivity index (χ1n) is 11.2. The molecule has 0 amide bonds. The number of nitrogens with zero attached hydrogens (tertiary/aromatic N) is 3. The van der Waals surface area contributed by atoms with Gasteiger partial charge in [0.2, 0.25) is 0 Å². The first kappa shape index (κ1) is 24.3. The lowest BCUT2D eigenvalue weighted by atomic mass is 9.72. The molecule has 0 bridgehead atoms. The molecule has 34 heavy (non-hydrogen) atoms. The van der Waals surface area contributed by atoms with Gasteiger partial charge in [0, 0.05) is 24.6 Å². The van der Waals surface area contributed by atoms with Crippen molar-refractivity contribution in [1.29, 1.82) is 0 Å². The molecule has 1 fully saturated rings. The fraction of sp³-hybridized carbons (Fsp3) is 0.400. The van der Waals surface area contributed by atoms with E-state index >= 15 is 0 Å². The molecule has 2 aromatic rings. The topological polar surface area (TPSA) is 77.8 Å². The van der Waals surface area contributed by atoms with Crippen molar-refractivity contribution >= 4 is 29.2 Å². The summed E-state index contributed by atoms with van der Waals surface area (Å²) in [5.41, 5.74) is 0.505. The zero-order chi connectivity index (χ0) is 24.5. The van der Waals surface area contributed by atoms with Crippen LogP contribution in [0.25, 0.3) is 0 Å². The van der Waals surface area contributed by atoms with Crippen molar-refractivity contribution in [2.75, 3.05) is 18.4 Å². The van der Waals surface area contributed by atoms with E-state index in [4.69, 9.17) is 11.6 Å². The summed E-state index contributed by atoms with van der Waals surface area (Å²) < 4.78 is 29.1. The molecule has 1 saturated heterocycles. The van der Waals surface area contributed by atoms with Gasteiger partial charge in [0.25, 0.3) is 0 Å². The highest BCUT2D eigenvalue weighted by Crippen LogP contribution is 2.39. The van der Waals surface area contributed by atoms with Crippen molar-refractivity contribution < 1.29 is 18.7 Å². The van der Waals surface area contributed by atoms with Crippen molar-refractivity contribution in [3.05, 3.63) is 69.9 Å². The standard InChI is InChI=1S/C25H27ClF2N4O2/c1-15-10-22(29-13-15)31-21-7-6-19(27)20(30-21)12-25(24(33)34)8-9-32(16(2)11-25)14-17-4-3-5-18(26)23(17)28/h3-7,10,16H,8-9,11-14H2,1-2H3,(H,33,34)(H,29,30,31)/t16-,25-/m0/s1. The number of pyridine rings is 1. The van der Waals surface area contributed by atoms with Crippen LogP contribution in [0, 0.1) is 17.0 Å². The predicted molar refractivity (Wildman–Crippen MR) is 128 cm³/mol. The number of piperidine rings is 1. The number of benzene rings is 1. The van der Waals surface area contributed by atoms with Gasteiger partial charge >= 0.3 is 5.97 Å². The van der Waals surface area contributed by atoms with E-state index in [2.05, 4.69) is 15.3 Å². The van der Waals surface area contributed by atoms with Gasteiger partial charge in [-0.15, -0.1) is 0 Å². The van der Waals surface area contributed by atoms with Gasteiger partial charge in [0.05, 0.1) is 22.7 Å². The van der Waals surface area contributed by atoms with Gasteiger partial charge in [-0.3, -0.25) is 14.7 Å². The Morgan fingerprint density at radius 2 is 2.12 bits per heavy atom. The molecule has 0 saturated carbocycles. The van der Waals surface area contributed by atoms with E-state index in [1.165, 1.54) is 18.2 Å². The summed E-state index contributed by atoms with van der Waals surface area (Å²) in [6.07, 6.45) is 2.44. The van der Waals surface area contributed by atoms with Crippen LogP contribution >= 0.6 is 11.6 Å². The molecule has 0 aliphatic carbocycles. The molecule has 2 N–H and O–H groups in total. The highest BCUT2D eigenvalue weighted by molar-refractivity contribution is 6.30. The number of hydrogen-bond donors (Lipinski definition) is 2. The number of aromatic nitrogens is 1. The second-order valence-electron chi connectivity index (χ2n) is 9.19. The van der Waals surface area contributed by atoms with Gasteiger partial charge < -0.3 is 10.4 Å². The Kier molecular flexibility index (Phi) is 7.00. The molecule has 2 atom stereocenters. The van der Waals surface area contributed by atoms with Crippen LogP contribution in [0.2, 0.25) is 5.02 Å². The smallest absolute Gasteiger partial charge is 0.310 e. The monoisotopic (exact) mass is 488 g/mol. The van der Waals surface area contributed by atoms with Crippen LogP contribution in [-0.4, -0.2) is 45.9 Å². The van der Waals surface area contributed by atoms with Gasteiger partial charge in [-0.1, -0.05) is 23.7 Å². The maximum absolute atomic E-state index is 14.7. The quantitative estimate of drug-likeness (QED) is 0.592. The van der Waals surface area contributed by atoms with Crippen molar-refractivity contribution in [3.63, 3.8) is 0 Å². The van der Waals surface area contributed by atoms with Gasteiger partial charge in [0.15, 0.2) is 0 Å². The van der Waals surface area contributed by atoms with Crippen LogP contribution in [0.5, 0.6) is 0 Å². The Morgan fingerprint density at radius 3 is 2.79 bits per heavy atom. The Labute approximate surface area is 202 Å². The summed E-state index contributed by atoms with van der Waals surface area (Å²) in [6.45, 7) is 5.23. The van der Waals surface area contributed by atoms with E-state index in [0.29, 0.717) is 43.3 Å². The van der Waals surface area contributed by atoms with Crippen LogP contribution in [-0.2, 0) is 17.8 Å². The maximum Gasteiger partial charge on any atom is 0.310 e. The first-order chi connectivity index (χ1) is 16.2. The molecule has 180 valence electrons. The Bertz CT molecular complexity index is 1170. The molecule has 2 aliphatic rings. The Balaban J connectivity index is 1.51. The summed E-state index contributed by atoms with van der Waals surface area (Å²) in [6, 6.07) is 7.52. The van der Waals surface area contributed by atoms with Crippen molar-refractivity contribution in [2.45, 2.75) is 45.7 Å². The van der Waals surface area contributed by atoms with Gasteiger partial charge in [-0.05, 0) is 63.1 Å². The Hall–Kier alpha value is -2.84. The zero-order valence-corrected chi connectivity index (χ0v) is 19.9. The molecule has 1 aromatic carbocycles. The summed E-state index contributed by atoms with van der Waals surface area (Å²) in [4.78, 5) is 23.2. The van der Waals surface area contributed by atoms with Gasteiger partial charge in [-0.2, -0.15) is 0 Å².